The number of hydrogen-bond acceptors (Lipinski definition) is 4. The zero-order valence-corrected chi connectivity index (χ0v) is 18.7. The zero-order chi connectivity index (χ0) is 24.2. The highest BCUT2D eigenvalue weighted by atomic mass is 19.1. The van der Waals surface area contributed by atoms with Gasteiger partial charge >= 0.3 is 0 Å². The SMILES string of the molecule is COc1ccc(C(=O)N(C)CC(=O)N2N=C(c3ccc(F)cc3)C[C@H]2c2ccc(F)cc2)cc1. The minimum Gasteiger partial charge on any atom is -0.497 e. The van der Waals surface area contributed by atoms with Gasteiger partial charge in [0.05, 0.1) is 18.9 Å². The molecule has 34 heavy (non-hydrogen) atoms. The molecule has 1 aliphatic heterocycles. The number of hydrazone groups is 1. The average Bonchev–Trinajstić information content (AvgIpc) is 3.30. The van der Waals surface area contributed by atoms with Gasteiger partial charge in [0.15, 0.2) is 0 Å². The number of ether oxygens (including phenoxy) is 1. The number of likely N-dealkylation sites (N-methyl/N-ethyl adjacent to an activating group) is 1. The summed E-state index contributed by atoms with van der Waals surface area (Å²) >= 11 is 0. The zero-order valence-electron chi connectivity index (χ0n) is 18.7. The second-order valence-corrected chi connectivity index (χ2v) is 7.95. The van der Waals surface area contributed by atoms with Crippen molar-refractivity contribution in [2.24, 2.45) is 5.10 Å². The molecule has 3 aromatic rings. The lowest BCUT2D eigenvalue weighted by Gasteiger charge is -2.25. The summed E-state index contributed by atoms with van der Waals surface area (Å²) < 4.78 is 32.0. The topological polar surface area (TPSA) is 62.2 Å². The molecule has 0 radical (unpaired) electrons. The third kappa shape index (κ3) is 4.96. The number of amides is 2. The lowest BCUT2D eigenvalue weighted by atomic mass is 9.98. The maximum Gasteiger partial charge on any atom is 0.262 e. The van der Waals surface area contributed by atoms with Crippen molar-refractivity contribution in [2.45, 2.75) is 12.5 Å². The fourth-order valence-corrected chi connectivity index (χ4v) is 3.80. The van der Waals surface area contributed by atoms with E-state index in [9.17, 15) is 18.4 Å². The number of nitrogens with zero attached hydrogens (tertiary/aromatic N) is 3. The molecule has 0 spiro atoms. The van der Waals surface area contributed by atoms with Crippen molar-refractivity contribution in [1.82, 2.24) is 9.91 Å². The number of methoxy groups -OCH3 is 1. The Kier molecular flexibility index (Phi) is 6.67. The number of carbonyl (C=O) groups excluding carboxylic acids is 2. The maximum atomic E-state index is 13.5. The van der Waals surface area contributed by atoms with Crippen molar-refractivity contribution < 1.29 is 23.1 Å². The molecular weight excluding hydrogens is 440 g/mol. The van der Waals surface area contributed by atoms with E-state index in [1.807, 2.05) is 0 Å². The Morgan fingerprint density at radius 3 is 2.15 bits per heavy atom. The van der Waals surface area contributed by atoms with E-state index in [-0.39, 0.29) is 24.1 Å². The van der Waals surface area contributed by atoms with E-state index in [2.05, 4.69) is 5.10 Å². The Bertz CT molecular complexity index is 1210. The summed E-state index contributed by atoms with van der Waals surface area (Å²) in [6.07, 6.45) is 0.374. The molecule has 0 aliphatic carbocycles. The van der Waals surface area contributed by atoms with Crippen molar-refractivity contribution in [3.8, 4) is 5.75 Å². The van der Waals surface area contributed by atoms with Crippen LogP contribution in [-0.4, -0.2) is 48.1 Å². The van der Waals surface area contributed by atoms with Gasteiger partial charge in [-0.1, -0.05) is 24.3 Å². The summed E-state index contributed by atoms with van der Waals surface area (Å²) in [5, 5.41) is 5.83. The monoisotopic (exact) mass is 463 g/mol. The third-order valence-electron chi connectivity index (χ3n) is 5.65. The molecule has 0 aromatic heterocycles. The lowest BCUT2D eigenvalue weighted by Crippen LogP contribution is -2.39. The van der Waals surface area contributed by atoms with Crippen molar-refractivity contribution >= 4 is 17.5 Å². The first-order chi connectivity index (χ1) is 16.4. The van der Waals surface area contributed by atoms with Gasteiger partial charge in [0, 0.05) is 19.0 Å². The number of rotatable bonds is 6. The van der Waals surface area contributed by atoms with Crippen LogP contribution in [0.25, 0.3) is 0 Å². The molecule has 8 heteroatoms. The van der Waals surface area contributed by atoms with E-state index in [0.717, 1.165) is 0 Å². The Morgan fingerprint density at radius 1 is 0.971 bits per heavy atom. The Labute approximate surface area is 196 Å². The van der Waals surface area contributed by atoms with Gasteiger partial charge in [-0.3, -0.25) is 9.59 Å². The molecule has 174 valence electrons. The van der Waals surface area contributed by atoms with Gasteiger partial charge < -0.3 is 9.64 Å². The summed E-state index contributed by atoms with van der Waals surface area (Å²) in [6.45, 7) is -0.206. The third-order valence-corrected chi connectivity index (χ3v) is 5.65. The van der Waals surface area contributed by atoms with Crippen molar-refractivity contribution in [2.75, 3.05) is 20.7 Å². The van der Waals surface area contributed by atoms with Crippen molar-refractivity contribution in [3.63, 3.8) is 0 Å². The van der Waals surface area contributed by atoms with Crippen LogP contribution in [0.15, 0.2) is 77.9 Å². The fourth-order valence-electron chi connectivity index (χ4n) is 3.80. The number of hydrogen-bond donors (Lipinski definition) is 0. The molecule has 0 unspecified atom stereocenters. The van der Waals surface area contributed by atoms with Crippen LogP contribution in [0.5, 0.6) is 5.75 Å². The molecule has 0 saturated heterocycles. The maximum absolute atomic E-state index is 13.5. The van der Waals surface area contributed by atoms with Gasteiger partial charge in [-0.15, -0.1) is 0 Å². The van der Waals surface area contributed by atoms with E-state index in [0.29, 0.717) is 34.6 Å². The van der Waals surface area contributed by atoms with Crippen LogP contribution in [-0.2, 0) is 4.79 Å². The van der Waals surface area contributed by atoms with Crippen LogP contribution in [0, 0.1) is 11.6 Å². The molecule has 1 atom stereocenters. The molecule has 4 rings (SSSR count). The Balaban J connectivity index is 1.56. The van der Waals surface area contributed by atoms with Gasteiger partial charge in [0.25, 0.3) is 11.8 Å². The second-order valence-electron chi connectivity index (χ2n) is 7.95. The Hall–Kier alpha value is -4.07. The highest BCUT2D eigenvalue weighted by molar-refractivity contribution is 6.03. The quantitative estimate of drug-likeness (QED) is 0.544. The standard InChI is InChI=1S/C26H23F2N3O3/c1-30(26(33)19-7-13-22(34-2)14-8-19)16-25(32)31-24(18-5-11-21(28)12-6-18)15-23(29-31)17-3-9-20(27)10-4-17/h3-14,24H,15-16H2,1-2H3/t24-/m0/s1. The van der Waals surface area contributed by atoms with Crippen LogP contribution >= 0.6 is 0 Å². The van der Waals surface area contributed by atoms with Crippen LogP contribution in [0.1, 0.15) is 33.9 Å². The molecule has 2 amide bonds. The van der Waals surface area contributed by atoms with Crippen LogP contribution in [0.3, 0.4) is 0 Å². The minimum absolute atomic E-state index is 0.206. The van der Waals surface area contributed by atoms with Crippen LogP contribution < -0.4 is 4.74 Å². The molecular formula is C26H23F2N3O3. The first-order valence-electron chi connectivity index (χ1n) is 10.7. The van der Waals surface area contributed by atoms with E-state index in [1.165, 1.54) is 48.3 Å². The first kappa shape index (κ1) is 23.1. The van der Waals surface area contributed by atoms with E-state index < -0.39 is 11.9 Å². The van der Waals surface area contributed by atoms with Crippen LogP contribution in [0.4, 0.5) is 8.78 Å². The highest BCUT2D eigenvalue weighted by Gasteiger charge is 2.34. The van der Waals surface area contributed by atoms with Crippen LogP contribution in [0.2, 0.25) is 0 Å². The second kappa shape index (κ2) is 9.82. The Morgan fingerprint density at radius 2 is 1.56 bits per heavy atom. The number of halogens is 2. The van der Waals surface area contributed by atoms with Crippen molar-refractivity contribution in [1.29, 1.82) is 0 Å². The summed E-state index contributed by atoms with van der Waals surface area (Å²) in [4.78, 5) is 27.4. The molecule has 0 saturated carbocycles. The smallest absolute Gasteiger partial charge is 0.262 e. The van der Waals surface area contributed by atoms with Gasteiger partial charge in [0.2, 0.25) is 0 Å². The van der Waals surface area contributed by atoms with Crippen molar-refractivity contribution in [3.05, 3.63) is 101 Å². The normalized spacial score (nSPS) is 15.1. The summed E-state index contributed by atoms with van der Waals surface area (Å²) in [7, 11) is 3.08. The van der Waals surface area contributed by atoms with Gasteiger partial charge in [-0.05, 0) is 59.7 Å². The van der Waals surface area contributed by atoms with Gasteiger partial charge in [0.1, 0.15) is 23.9 Å². The molecule has 1 heterocycles. The lowest BCUT2D eigenvalue weighted by molar-refractivity contribution is -0.133. The largest absolute Gasteiger partial charge is 0.497 e. The molecule has 0 fully saturated rings. The fraction of sp³-hybridized carbons (Fsp3) is 0.192. The molecule has 1 aliphatic rings. The summed E-state index contributed by atoms with van der Waals surface area (Å²) in [5.74, 6) is -0.850. The predicted octanol–water partition coefficient (Wildman–Crippen LogP) is 4.42. The van der Waals surface area contributed by atoms with Gasteiger partial charge in [-0.25, -0.2) is 13.8 Å². The summed E-state index contributed by atoms with van der Waals surface area (Å²) in [6, 6.07) is 17.9. The van der Waals surface area contributed by atoms with E-state index >= 15 is 0 Å². The van der Waals surface area contributed by atoms with Gasteiger partial charge in [-0.2, -0.15) is 5.10 Å². The van der Waals surface area contributed by atoms with E-state index in [1.54, 1.807) is 48.5 Å². The predicted molar refractivity (Wildman–Crippen MR) is 123 cm³/mol. The molecule has 0 bridgehead atoms. The minimum atomic E-state index is -0.474. The molecule has 0 N–H and O–H groups in total. The first-order valence-corrected chi connectivity index (χ1v) is 10.7. The molecule has 6 nitrogen and oxygen atoms in total. The number of carbonyl (C=O) groups is 2. The summed E-state index contributed by atoms with van der Waals surface area (Å²) in [5.41, 5.74) is 2.42. The molecule has 3 aromatic carbocycles. The van der Waals surface area contributed by atoms with E-state index in [4.69, 9.17) is 4.74 Å². The number of benzene rings is 3. The average molecular weight is 463 g/mol. The highest BCUT2D eigenvalue weighted by Crippen LogP contribution is 2.33.